The van der Waals surface area contributed by atoms with E-state index in [4.69, 9.17) is 4.74 Å². The van der Waals surface area contributed by atoms with Crippen LogP contribution in [0.4, 0.5) is 23.4 Å². The van der Waals surface area contributed by atoms with Crippen molar-refractivity contribution in [1.29, 1.82) is 0 Å². The third kappa shape index (κ3) is 5.37. The summed E-state index contributed by atoms with van der Waals surface area (Å²) in [6.45, 7) is 6.39. The number of nitrogens with one attached hydrogen (secondary N) is 1. The number of aryl methyl sites for hydroxylation is 1. The van der Waals surface area contributed by atoms with E-state index in [1.165, 1.54) is 33.0 Å². The molecule has 12 heteroatoms. The van der Waals surface area contributed by atoms with Crippen LogP contribution >= 0.6 is 0 Å². The summed E-state index contributed by atoms with van der Waals surface area (Å²) in [4.78, 5) is 28.4. The molecule has 1 atom stereocenters. The van der Waals surface area contributed by atoms with Gasteiger partial charge in [0, 0.05) is 36.7 Å². The molecule has 0 aliphatic rings. The van der Waals surface area contributed by atoms with Crippen LogP contribution < -0.4 is 15.6 Å². The van der Waals surface area contributed by atoms with Crippen molar-refractivity contribution >= 4 is 22.6 Å². The number of alkyl halides is 4. The molecule has 0 fully saturated rings. The molecule has 3 aromatic rings. The van der Waals surface area contributed by atoms with E-state index in [-0.39, 0.29) is 17.4 Å². The molecule has 0 saturated heterocycles. The average Bonchev–Trinajstić information content (AvgIpc) is 3.08. The van der Waals surface area contributed by atoms with Crippen LogP contribution in [0, 0.1) is 0 Å². The van der Waals surface area contributed by atoms with E-state index in [1.54, 1.807) is 16.8 Å². The summed E-state index contributed by atoms with van der Waals surface area (Å²) >= 11 is 0. The molecule has 3 aromatic heterocycles. The lowest BCUT2D eigenvalue weighted by atomic mass is 10.1. The number of nitrogens with zero attached hydrogens (tertiary/aromatic N) is 4. The summed E-state index contributed by atoms with van der Waals surface area (Å²) in [6.07, 6.45) is -1.58. The number of hydrogen-bond donors (Lipinski definition) is 1. The first-order chi connectivity index (χ1) is 15.7. The maximum atomic E-state index is 14.0. The first-order valence-corrected chi connectivity index (χ1v) is 10.5. The van der Waals surface area contributed by atoms with E-state index in [0.717, 1.165) is 6.92 Å². The minimum Gasteiger partial charge on any atom is -0.484 e. The van der Waals surface area contributed by atoms with Gasteiger partial charge in [-0.15, -0.1) is 0 Å². The topological polar surface area (TPSA) is 91.0 Å². The van der Waals surface area contributed by atoms with Gasteiger partial charge in [-0.25, -0.2) is 14.1 Å². The SMILES string of the molecule is CCn1cc(-c2cc(OCC(C)(C)F)c(=O)n([C@@H](C)C(F)(F)F)n2)c2cc(NC(C)=O)ncc21. The molecule has 3 rings (SSSR count). The van der Waals surface area contributed by atoms with Gasteiger partial charge in [-0.2, -0.15) is 18.3 Å². The van der Waals surface area contributed by atoms with Gasteiger partial charge in [-0.1, -0.05) is 0 Å². The molecule has 184 valence electrons. The Balaban J connectivity index is 2.27. The molecule has 0 unspecified atom stereocenters. The van der Waals surface area contributed by atoms with Crippen molar-refractivity contribution in [2.45, 2.75) is 59.1 Å². The second-order valence-electron chi connectivity index (χ2n) is 8.47. The highest BCUT2D eigenvalue weighted by Gasteiger charge is 2.39. The number of carbonyl (C=O) groups is 1. The van der Waals surface area contributed by atoms with Crippen molar-refractivity contribution in [2.75, 3.05) is 11.9 Å². The van der Waals surface area contributed by atoms with Crippen molar-refractivity contribution in [2.24, 2.45) is 0 Å². The Hall–Kier alpha value is -3.44. The molecule has 3 heterocycles. The standard InChI is InChI=1S/C22H25F4N5O3/c1-6-30-10-15(14-7-19(28-13(3)32)27-9-17(14)30)16-8-18(34-11-21(4,5)23)20(33)31(29-16)12(2)22(24,25)26/h7-10,12H,6,11H2,1-5H3,(H,27,28,32)/t12-/m0/s1. The Morgan fingerprint density at radius 1 is 1.24 bits per heavy atom. The third-order valence-corrected chi connectivity index (χ3v) is 5.00. The van der Waals surface area contributed by atoms with E-state index in [9.17, 15) is 27.2 Å². The quantitative estimate of drug-likeness (QED) is 0.500. The zero-order valence-corrected chi connectivity index (χ0v) is 19.3. The smallest absolute Gasteiger partial charge is 0.410 e. The second-order valence-corrected chi connectivity index (χ2v) is 8.47. The van der Waals surface area contributed by atoms with Gasteiger partial charge in [0.2, 0.25) is 5.91 Å². The number of halogens is 4. The number of carbonyl (C=O) groups excluding carboxylic acids is 1. The Bertz CT molecular complexity index is 1270. The number of aromatic nitrogens is 4. The molecule has 34 heavy (non-hydrogen) atoms. The number of pyridine rings is 1. The van der Waals surface area contributed by atoms with Crippen LogP contribution in [0.15, 0.2) is 29.3 Å². The predicted octanol–water partition coefficient (Wildman–Crippen LogP) is 4.49. The largest absolute Gasteiger partial charge is 0.484 e. The normalized spacial score (nSPS) is 13.2. The first-order valence-electron chi connectivity index (χ1n) is 10.5. The van der Waals surface area contributed by atoms with Gasteiger partial charge in [0.1, 0.15) is 24.1 Å². The van der Waals surface area contributed by atoms with Gasteiger partial charge in [0.15, 0.2) is 5.75 Å². The van der Waals surface area contributed by atoms with E-state index in [1.807, 2.05) is 6.92 Å². The molecule has 8 nitrogen and oxygen atoms in total. The maximum Gasteiger partial charge on any atom is 0.410 e. The number of anilines is 1. The predicted molar refractivity (Wildman–Crippen MR) is 119 cm³/mol. The van der Waals surface area contributed by atoms with Crippen molar-refractivity contribution in [3.8, 4) is 17.0 Å². The molecule has 0 aromatic carbocycles. The fourth-order valence-electron chi connectivity index (χ4n) is 3.28. The van der Waals surface area contributed by atoms with Gasteiger partial charge >= 0.3 is 11.7 Å². The Morgan fingerprint density at radius 2 is 1.91 bits per heavy atom. The Kier molecular flexibility index (Phi) is 6.72. The number of fused-ring (bicyclic) bond motifs is 1. The van der Waals surface area contributed by atoms with Crippen LogP contribution in [0.3, 0.4) is 0 Å². The third-order valence-electron chi connectivity index (χ3n) is 5.00. The lowest BCUT2D eigenvalue weighted by Gasteiger charge is -2.20. The first kappa shape index (κ1) is 25.2. The summed E-state index contributed by atoms with van der Waals surface area (Å²) in [6, 6.07) is 0.506. The zero-order chi connectivity index (χ0) is 25.4. The zero-order valence-electron chi connectivity index (χ0n) is 19.3. The molecule has 0 aliphatic carbocycles. The van der Waals surface area contributed by atoms with Crippen LogP contribution in [0.25, 0.3) is 22.2 Å². The van der Waals surface area contributed by atoms with Crippen LogP contribution in [-0.4, -0.2) is 43.7 Å². The summed E-state index contributed by atoms with van der Waals surface area (Å²) in [5.41, 5.74) is -1.91. The van der Waals surface area contributed by atoms with E-state index < -0.39 is 35.8 Å². The highest BCUT2D eigenvalue weighted by Crippen LogP contribution is 2.34. The van der Waals surface area contributed by atoms with Crippen molar-refractivity contribution in [3.05, 3.63) is 34.9 Å². The highest BCUT2D eigenvalue weighted by molar-refractivity contribution is 5.98. The maximum absolute atomic E-state index is 14.0. The van der Waals surface area contributed by atoms with Gasteiger partial charge in [0.05, 0.1) is 17.4 Å². The Morgan fingerprint density at radius 3 is 2.47 bits per heavy atom. The molecule has 0 saturated carbocycles. The van der Waals surface area contributed by atoms with E-state index in [2.05, 4.69) is 15.4 Å². The second kappa shape index (κ2) is 9.07. The molecule has 0 bridgehead atoms. The lowest BCUT2D eigenvalue weighted by molar-refractivity contribution is -0.166. The summed E-state index contributed by atoms with van der Waals surface area (Å²) in [5, 5.41) is 7.09. The number of hydrogen-bond acceptors (Lipinski definition) is 5. The summed E-state index contributed by atoms with van der Waals surface area (Å²) < 4.78 is 61.9. The van der Waals surface area contributed by atoms with Crippen molar-refractivity contribution < 1.29 is 27.1 Å². The fraction of sp³-hybridized carbons (Fsp3) is 0.455. The van der Waals surface area contributed by atoms with E-state index in [0.29, 0.717) is 27.7 Å². The van der Waals surface area contributed by atoms with Gasteiger partial charge in [-0.05, 0) is 33.8 Å². The van der Waals surface area contributed by atoms with E-state index >= 15 is 0 Å². The van der Waals surface area contributed by atoms with Crippen LogP contribution in [0.1, 0.15) is 40.7 Å². The monoisotopic (exact) mass is 483 g/mol. The molecular formula is C22H25F4N5O3. The highest BCUT2D eigenvalue weighted by atomic mass is 19.4. The van der Waals surface area contributed by atoms with Gasteiger partial charge in [-0.3, -0.25) is 9.59 Å². The van der Waals surface area contributed by atoms with Crippen molar-refractivity contribution in [1.82, 2.24) is 19.3 Å². The summed E-state index contributed by atoms with van der Waals surface area (Å²) in [5.74, 6) is -0.568. The fourth-order valence-corrected chi connectivity index (χ4v) is 3.28. The van der Waals surface area contributed by atoms with Crippen LogP contribution in [-0.2, 0) is 11.3 Å². The van der Waals surface area contributed by atoms with Crippen LogP contribution in [0.5, 0.6) is 5.75 Å². The molecule has 0 radical (unpaired) electrons. The van der Waals surface area contributed by atoms with Crippen molar-refractivity contribution in [3.63, 3.8) is 0 Å². The summed E-state index contributed by atoms with van der Waals surface area (Å²) in [7, 11) is 0. The molecule has 0 aliphatic heterocycles. The van der Waals surface area contributed by atoms with Gasteiger partial charge in [0.25, 0.3) is 0 Å². The average molecular weight is 483 g/mol. The number of rotatable bonds is 7. The van der Waals surface area contributed by atoms with Gasteiger partial charge < -0.3 is 14.6 Å². The van der Waals surface area contributed by atoms with Crippen LogP contribution in [0.2, 0.25) is 0 Å². The molecule has 1 N–H and O–H groups in total. The number of ether oxygens (including phenoxy) is 1. The number of amides is 1. The molecule has 1 amide bonds. The minimum atomic E-state index is -4.76. The molecule has 0 spiro atoms. The minimum absolute atomic E-state index is 0.0135. The lowest BCUT2D eigenvalue weighted by Crippen LogP contribution is -2.36. The molecular weight excluding hydrogens is 458 g/mol. The Labute approximate surface area is 192 Å².